The lowest BCUT2D eigenvalue weighted by Crippen LogP contribution is -2.49. The standard InChI is InChI=1S/C22H28N4O2/c1-25(2)12-4-14-28-16-9-7-15(8-10-16)21-24-22(27)18-6-3-5-17-19(23)11-13-26(21)20(17)18/h3,5-10,19,21H,4,11-14,23H2,1-2H3,(H,24,27)/t19-,21-/m1/s1. The van der Waals surface area contributed by atoms with Crippen molar-refractivity contribution in [1.82, 2.24) is 10.2 Å². The van der Waals surface area contributed by atoms with Gasteiger partial charge in [0.25, 0.3) is 5.91 Å². The highest BCUT2D eigenvalue weighted by atomic mass is 16.5. The number of nitrogens with two attached hydrogens (primary N) is 1. The fourth-order valence-electron chi connectivity index (χ4n) is 4.03. The minimum Gasteiger partial charge on any atom is -0.494 e. The van der Waals surface area contributed by atoms with Crippen molar-refractivity contribution in [3.05, 3.63) is 59.2 Å². The van der Waals surface area contributed by atoms with E-state index in [0.29, 0.717) is 12.2 Å². The summed E-state index contributed by atoms with van der Waals surface area (Å²) < 4.78 is 5.83. The third kappa shape index (κ3) is 3.57. The molecule has 6 nitrogen and oxygen atoms in total. The fraction of sp³-hybridized carbons (Fsp3) is 0.409. The number of hydrogen-bond donors (Lipinski definition) is 2. The summed E-state index contributed by atoms with van der Waals surface area (Å²) >= 11 is 0. The molecule has 0 radical (unpaired) electrons. The Morgan fingerprint density at radius 2 is 2.00 bits per heavy atom. The second kappa shape index (κ2) is 7.81. The number of benzene rings is 2. The molecular weight excluding hydrogens is 352 g/mol. The normalized spacial score (nSPS) is 20.7. The summed E-state index contributed by atoms with van der Waals surface area (Å²) in [6.07, 6.45) is 1.67. The van der Waals surface area contributed by atoms with E-state index in [2.05, 4.69) is 29.2 Å². The molecule has 0 unspecified atom stereocenters. The number of para-hydroxylation sites is 1. The quantitative estimate of drug-likeness (QED) is 0.754. The topological polar surface area (TPSA) is 70.8 Å². The van der Waals surface area contributed by atoms with Crippen molar-refractivity contribution >= 4 is 11.6 Å². The molecule has 0 spiro atoms. The Morgan fingerprint density at radius 1 is 1.21 bits per heavy atom. The Labute approximate surface area is 166 Å². The number of rotatable bonds is 6. The van der Waals surface area contributed by atoms with Crippen LogP contribution in [0.15, 0.2) is 42.5 Å². The molecular formula is C22H28N4O2. The lowest BCUT2D eigenvalue weighted by atomic mass is 9.90. The predicted molar refractivity (Wildman–Crippen MR) is 111 cm³/mol. The second-order valence-corrected chi connectivity index (χ2v) is 7.78. The van der Waals surface area contributed by atoms with Crippen molar-refractivity contribution in [2.75, 3.05) is 38.7 Å². The number of ether oxygens (including phenoxy) is 1. The van der Waals surface area contributed by atoms with Crippen LogP contribution in [0.3, 0.4) is 0 Å². The average molecular weight is 380 g/mol. The largest absolute Gasteiger partial charge is 0.494 e. The molecule has 2 aromatic rings. The molecule has 2 atom stereocenters. The van der Waals surface area contributed by atoms with E-state index in [1.807, 2.05) is 42.5 Å². The number of hydrogen-bond acceptors (Lipinski definition) is 5. The first-order valence-electron chi connectivity index (χ1n) is 9.88. The molecule has 0 saturated carbocycles. The Hall–Kier alpha value is -2.57. The maximum Gasteiger partial charge on any atom is 0.255 e. The third-order valence-corrected chi connectivity index (χ3v) is 5.47. The van der Waals surface area contributed by atoms with E-state index in [-0.39, 0.29) is 18.1 Å². The van der Waals surface area contributed by atoms with Crippen molar-refractivity contribution in [1.29, 1.82) is 0 Å². The fourth-order valence-corrected chi connectivity index (χ4v) is 4.03. The first-order valence-corrected chi connectivity index (χ1v) is 9.88. The molecule has 2 aliphatic rings. The molecule has 0 aliphatic carbocycles. The molecule has 0 aromatic heterocycles. The summed E-state index contributed by atoms with van der Waals surface area (Å²) in [5.74, 6) is 0.808. The van der Waals surface area contributed by atoms with Gasteiger partial charge in [0.15, 0.2) is 0 Å². The van der Waals surface area contributed by atoms with Crippen LogP contribution in [-0.4, -0.2) is 44.6 Å². The van der Waals surface area contributed by atoms with Crippen molar-refractivity contribution in [2.45, 2.75) is 25.0 Å². The summed E-state index contributed by atoms with van der Waals surface area (Å²) in [4.78, 5) is 17.1. The Kier molecular flexibility index (Phi) is 5.24. The average Bonchev–Trinajstić information content (AvgIpc) is 2.70. The van der Waals surface area contributed by atoms with Crippen molar-refractivity contribution in [3.63, 3.8) is 0 Å². The molecule has 28 heavy (non-hydrogen) atoms. The predicted octanol–water partition coefficient (Wildman–Crippen LogP) is 2.67. The van der Waals surface area contributed by atoms with Crippen LogP contribution in [0.5, 0.6) is 5.75 Å². The first kappa shape index (κ1) is 18.8. The minimum atomic E-state index is -0.184. The minimum absolute atomic E-state index is 0.0179. The van der Waals surface area contributed by atoms with Gasteiger partial charge in [-0.05, 0) is 56.3 Å². The van der Waals surface area contributed by atoms with Gasteiger partial charge in [-0.1, -0.05) is 24.3 Å². The van der Waals surface area contributed by atoms with E-state index in [4.69, 9.17) is 10.5 Å². The van der Waals surface area contributed by atoms with E-state index in [1.165, 1.54) is 0 Å². The smallest absolute Gasteiger partial charge is 0.255 e. The van der Waals surface area contributed by atoms with Gasteiger partial charge < -0.3 is 25.6 Å². The van der Waals surface area contributed by atoms with Gasteiger partial charge in [0.1, 0.15) is 11.9 Å². The molecule has 0 saturated heterocycles. The molecule has 3 N–H and O–H groups in total. The summed E-state index contributed by atoms with van der Waals surface area (Å²) in [5, 5.41) is 3.15. The lowest BCUT2D eigenvalue weighted by molar-refractivity contribution is 0.0925. The van der Waals surface area contributed by atoms with Gasteiger partial charge in [0.05, 0.1) is 17.9 Å². The Bertz CT molecular complexity index is 850. The number of anilines is 1. The molecule has 1 amide bonds. The Balaban J connectivity index is 1.53. The molecule has 6 heteroatoms. The molecule has 2 aliphatic heterocycles. The molecule has 2 heterocycles. The molecule has 2 aromatic carbocycles. The number of carbonyl (C=O) groups is 1. The first-order chi connectivity index (χ1) is 13.5. The maximum atomic E-state index is 12.7. The van der Waals surface area contributed by atoms with Crippen LogP contribution in [0.4, 0.5) is 5.69 Å². The van der Waals surface area contributed by atoms with Gasteiger partial charge >= 0.3 is 0 Å². The number of nitrogens with one attached hydrogen (secondary N) is 1. The van der Waals surface area contributed by atoms with Crippen LogP contribution in [0, 0.1) is 0 Å². The molecule has 148 valence electrons. The molecule has 0 fully saturated rings. The van der Waals surface area contributed by atoms with E-state index in [1.54, 1.807) is 0 Å². The maximum absolute atomic E-state index is 12.7. The van der Waals surface area contributed by atoms with Gasteiger partial charge in [-0.25, -0.2) is 0 Å². The number of carbonyl (C=O) groups excluding carboxylic acids is 1. The van der Waals surface area contributed by atoms with Gasteiger partial charge in [-0.15, -0.1) is 0 Å². The number of amides is 1. The summed E-state index contributed by atoms with van der Waals surface area (Å²) in [6.45, 7) is 2.52. The van der Waals surface area contributed by atoms with Crippen LogP contribution >= 0.6 is 0 Å². The van der Waals surface area contributed by atoms with Crippen LogP contribution < -0.4 is 20.7 Å². The molecule has 4 rings (SSSR count). The van der Waals surface area contributed by atoms with Crippen molar-refractivity contribution < 1.29 is 9.53 Å². The van der Waals surface area contributed by atoms with Gasteiger partial charge in [0.2, 0.25) is 0 Å². The summed E-state index contributed by atoms with van der Waals surface area (Å²) in [7, 11) is 4.12. The van der Waals surface area contributed by atoms with E-state index in [0.717, 1.165) is 48.5 Å². The molecule has 0 bridgehead atoms. The summed E-state index contributed by atoms with van der Waals surface area (Å²) in [6, 6.07) is 13.8. The van der Waals surface area contributed by atoms with E-state index >= 15 is 0 Å². The second-order valence-electron chi connectivity index (χ2n) is 7.78. The van der Waals surface area contributed by atoms with Crippen LogP contribution in [-0.2, 0) is 0 Å². The van der Waals surface area contributed by atoms with Crippen LogP contribution in [0.2, 0.25) is 0 Å². The summed E-state index contributed by atoms with van der Waals surface area (Å²) in [5.41, 5.74) is 10.1. The van der Waals surface area contributed by atoms with Gasteiger partial charge in [-0.2, -0.15) is 0 Å². The zero-order valence-corrected chi connectivity index (χ0v) is 16.5. The Morgan fingerprint density at radius 3 is 2.75 bits per heavy atom. The highest BCUT2D eigenvalue weighted by Crippen LogP contribution is 2.42. The highest BCUT2D eigenvalue weighted by molar-refractivity contribution is 6.03. The van der Waals surface area contributed by atoms with Crippen LogP contribution in [0.1, 0.15) is 46.5 Å². The lowest BCUT2D eigenvalue weighted by Gasteiger charge is -2.44. The number of nitrogens with zero attached hydrogens (tertiary/aromatic N) is 2. The zero-order valence-electron chi connectivity index (χ0n) is 16.5. The van der Waals surface area contributed by atoms with Gasteiger partial charge in [0, 0.05) is 19.1 Å². The highest BCUT2D eigenvalue weighted by Gasteiger charge is 2.37. The van der Waals surface area contributed by atoms with Crippen molar-refractivity contribution in [2.24, 2.45) is 5.73 Å². The van der Waals surface area contributed by atoms with Crippen LogP contribution in [0.25, 0.3) is 0 Å². The van der Waals surface area contributed by atoms with Crippen molar-refractivity contribution in [3.8, 4) is 5.75 Å². The van der Waals surface area contributed by atoms with E-state index < -0.39 is 0 Å². The third-order valence-electron chi connectivity index (χ3n) is 5.47. The van der Waals surface area contributed by atoms with Gasteiger partial charge in [-0.3, -0.25) is 4.79 Å². The monoisotopic (exact) mass is 380 g/mol. The zero-order chi connectivity index (χ0) is 19.7. The SMILES string of the molecule is CN(C)CCCOc1ccc([C@@H]2NC(=O)c3cccc4c3N2CC[C@H]4N)cc1. The van der Waals surface area contributed by atoms with E-state index in [9.17, 15) is 4.79 Å².